The number of hydrogen-bond acceptors (Lipinski definition) is 5. The first-order valence-corrected chi connectivity index (χ1v) is 10.3. The summed E-state index contributed by atoms with van der Waals surface area (Å²) in [6.07, 6.45) is -3.36. The van der Waals surface area contributed by atoms with Gasteiger partial charge >= 0.3 is 6.18 Å². The summed E-state index contributed by atoms with van der Waals surface area (Å²) in [7, 11) is 0. The van der Waals surface area contributed by atoms with E-state index in [-0.39, 0.29) is 18.5 Å². The first-order valence-electron chi connectivity index (χ1n) is 10.3. The third kappa shape index (κ3) is 4.29. The molecule has 0 bridgehead atoms. The molecule has 4 rings (SSSR count). The Bertz CT molecular complexity index is 1210. The second-order valence-electron chi connectivity index (χ2n) is 8.02. The molecule has 0 aliphatic carbocycles. The van der Waals surface area contributed by atoms with Gasteiger partial charge in [-0.25, -0.2) is 8.78 Å². The summed E-state index contributed by atoms with van der Waals surface area (Å²) >= 11 is 0. The number of aromatic hydroxyl groups is 1. The zero-order chi connectivity index (χ0) is 24.8. The zero-order valence-corrected chi connectivity index (χ0v) is 17.5. The molecule has 13 heteroatoms. The molecule has 182 valence electrons. The van der Waals surface area contributed by atoms with E-state index in [2.05, 4.69) is 5.32 Å². The highest BCUT2D eigenvalue weighted by atomic mass is 19.4. The Morgan fingerprint density at radius 1 is 1.18 bits per heavy atom. The molecule has 1 saturated heterocycles. The van der Waals surface area contributed by atoms with Crippen LogP contribution in [0.4, 0.5) is 22.0 Å². The smallest absolute Gasteiger partial charge is 0.406 e. The number of fused-ring (bicyclic) bond motifs is 3. The topological polar surface area (TPSA) is 94.9 Å². The summed E-state index contributed by atoms with van der Waals surface area (Å²) in [5.41, 5.74) is -2.59. The summed E-state index contributed by atoms with van der Waals surface area (Å²) in [5.74, 6) is -5.10. The number of halogens is 5. The molecule has 1 atom stereocenters. The molecule has 0 saturated carbocycles. The van der Waals surface area contributed by atoms with Crippen molar-refractivity contribution < 1.29 is 36.6 Å². The summed E-state index contributed by atoms with van der Waals surface area (Å²) in [5, 5.41) is 14.1. The minimum atomic E-state index is -4.70. The molecule has 1 aromatic heterocycles. The Kier molecular flexibility index (Phi) is 5.96. The highest BCUT2D eigenvalue weighted by Gasteiger charge is 2.45. The lowest BCUT2D eigenvalue weighted by molar-refractivity contribution is -0.147. The van der Waals surface area contributed by atoms with Crippen molar-refractivity contribution in [3.8, 4) is 5.75 Å². The molecule has 0 radical (unpaired) electrons. The number of hydrogen-bond donors (Lipinski definition) is 2. The van der Waals surface area contributed by atoms with Crippen LogP contribution >= 0.6 is 0 Å². The van der Waals surface area contributed by atoms with Gasteiger partial charge in [-0.3, -0.25) is 24.1 Å². The van der Waals surface area contributed by atoms with E-state index in [9.17, 15) is 41.4 Å². The molecule has 2 aliphatic heterocycles. The van der Waals surface area contributed by atoms with Crippen LogP contribution in [0.3, 0.4) is 0 Å². The number of amides is 2. The Balaban J connectivity index is 1.69. The van der Waals surface area contributed by atoms with Crippen LogP contribution in [-0.4, -0.2) is 51.9 Å². The fourth-order valence-electron chi connectivity index (χ4n) is 4.20. The van der Waals surface area contributed by atoms with E-state index in [1.165, 1.54) is 5.01 Å². The third-order valence-electron chi connectivity index (χ3n) is 5.76. The predicted octanol–water partition coefficient (Wildman–Crippen LogP) is 2.23. The van der Waals surface area contributed by atoms with Gasteiger partial charge in [0.15, 0.2) is 11.4 Å². The maximum absolute atomic E-state index is 13.8. The average molecular weight is 486 g/mol. The predicted molar refractivity (Wildman–Crippen MR) is 108 cm³/mol. The van der Waals surface area contributed by atoms with Crippen molar-refractivity contribution in [2.75, 3.05) is 18.1 Å². The number of piperidine rings is 1. The highest BCUT2D eigenvalue weighted by molar-refractivity contribution is 5.99. The highest BCUT2D eigenvalue weighted by Crippen LogP contribution is 2.32. The molecule has 3 heterocycles. The Hall–Kier alpha value is -3.64. The van der Waals surface area contributed by atoms with Gasteiger partial charge in [0.25, 0.3) is 11.8 Å². The summed E-state index contributed by atoms with van der Waals surface area (Å²) < 4.78 is 67.3. The number of alkyl halides is 3. The molecular weight excluding hydrogens is 467 g/mol. The molecule has 1 aromatic carbocycles. The molecule has 1 fully saturated rings. The van der Waals surface area contributed by atoms with Crippen LogP contribution in [0, 0.1) is 11.6 Å². The lowest BCUT2D eigenvalue weighted by Gasteiger charge is -2.49. The van der Waals surface area contributed by atoms with Crippen molar-refractivity contribution in [1.29, 1.82) is 0 Å². The Morgan fingerprint density at radius 3 is 2.59 bits per heavy atom. The van der Waals surface area contributed by atoms with Crippen LogP contribution in [0.1, 0.15) is 45.7 Å². The monoisotopic (exact) mass is 486 g/mol. The fourth-order valence-corrected chi connectivity index (χ4v) is 4.20. The Labute approximate surface area is 189 Å². The Morgan fingerprint density at radius 2 is 1.91 bits per heavy atom. The van der Waals surface area contributed by atoms with Gasteiger partial charge in [-0.05, 0) is 25.3 Å². The van der Waals surface area contributed by atoms with Crippen molar-refractivity contribution in [2.24, 2.45) is 0 Å². The molecule has 2 aromatic rings. The zero-order valence-electron chi connectivity index (χ0n) is 17.5. The number of nitrogens with one attached hydrogen (secondary N) is 1. The van der Waals surface area contributed by atoms with Crippen LogP contribution in [0.15, 0.2) is 29.2 Å². The van der Waals surface area contributed by atoms with Crippen molar-refractivity contribution in [2.45, 2.75) is 38.1 Å². The van der Waals surface area contributed by atoms with E-state index >= 15 is 0 Å². The number of pyridine rings is 1. The van der Waals surface area contributed by atoms with Crippen LogP contribution in [0.5, 0.6) is 5.75 Å². The van der Waals surface area contributed by atoms with Gasteiger partial charge in [-0.2, -0.15) is 13.2 Å². The number of aromatic nitrogens is 1. The van der Waals surface area contributed by atoms with E-state index in [0.717, 1.165) is 23.0 Å². The first-order chi connectivity index (χ1) is 16.0. The van der Waals surface area contributed by atoms with Gasteiger partial charge in [-0.1, -0.05) is 6.07 Å². The first kappa shape index (κ1) is 23.5. The molecular formula is C21H19F5N4O4. The second-order valence-corrected chi connectivity index (χ2v) is 8.02. The van der Waals surface area contributed by atoms with Crippen LogP contribution in [0.25, 0.3) is 0 Å². The van der Waals surface area contributed by atoms with Gasteiger partial charge in [0.2, 0.25) is 5.43 Å². The summed E-state index contributed by atoms with van der Waals surface area (Å²) in [6.45, 7) is -1.76. The van der Waals surface area contributed by atoms with E-state index in [1.54, 1.807) is 0 Å². The lowest BCUT2D eigenvalue weighted by Crippen LogP contribution is -2.64. The minimum absolute atomic E-state index is 0.0638. The van der Waals surface area contributed by atoms with Gasteiger partial charge in [0.05, 0.1) is 0 Å². The molecule has 2 aliphatic rings. The van der Waals surface area contributed by atoms with Crippen molar-refractivity contribution in [1.82, 2.24) is 14.9 Å². The number of carbonyl (C=O) groups is 2. The van der Waals surface area contributed by atoms with Crippen molar-refractivity contribution in [3.05, 3.63) is 63.1 Å². The fraction of sp³-hybridized carbons (Fsp3) is 0.381. The second kappa shape index (κ2) is 8.61. The quantitative estimate of drug-likeness (QED) is 0.647. The van der Waals surface area contributed by atoms with Gasteiger partial charge in [-0.15, -0.1) is 0 Å². The SMILES string of the molecule is O=C(NCc1ccc(F)cc1F)c1cn2c(c(O)c1=O)C(=O)N(CC(F)(F)F)[C@@H]1CCCCN12. The van der Waals surface area contributed by atoms with Crippen LogP contribution in [0.2, 0.25) is 0 Å². The average Bonchev–Trinajstić information content (AvgIpc) is 2.77. The summed E-state index contributed by atoms with van der Waals surface area (Å²) in [4.78, 5) is 38.7. The van der Waals surface area contributed by atoms with Gasteiger partial charge < -0.3 is 15.3 Å². The molecule has 0 spiro atoms. The number of carbonyl (C=O) groups excluding carboxylic acids is 2. The van der Waals surface area contributed by atoms with Crippen molar-refractivity contribution >= 4 is 11.8 Å². The minimum Gasteiger partial charge on any atom is -0.502 e. The normalized spacial score (nSPS) is 17.9. The molecule has 0 unspecified atom stereocenters. The molecule has 2 amide bonds. The van der Waals surface area contributed by atoms with E-state index in [0.29, 0.717) is 23.8 Å². The standard InChI is InChI=1S/C21H19F5N4O4/c22-12-5-4-11(14(23)7-12)8-27-19(33)13-9-30-16(18(32)17(13)31)20(34)28(10-21(24,25)26)15-3-1-2-6-29(15)30/h4-5,7,9,15,32H,1-3,6,8,10H2,(H,27,33)/t15-/m0/s1. The maximum atomic E-state index is 13.8. The summed E-state index contributed by atoms with van der Waals surface area (Å²) in [6, 6.07) is 2.71. The molecule has 8 nitrogen and oxygen atoms in total. The number of nitrogens with zero attached hydrogens (tertiary/aromatic N) is 3. The maximum Gasteiger partial charge on any atom is 0.406 e. The van der Waals surface area contributed by atoms with Crippen LogP contribution in [-0.2, 0) is 6.54 Å². The van der Waals surface area contributed by atoms with Crippen molar-refractivity contribution in [3.63, 3.8) is 0 Å². The van der Waals surface area contributed by atoms with E-state index in [1.807, 2.05) is 0 Å². The number of rotatable bonds is 4. The number of benzene rings is 1. The van der Waals surface area contributed by atoms with E-state index in [4.69, 9.17) is 0 Å². The third-order valence-corrected chi connectivity index (χ3v) is 5.76. The van der Waals surface area contributed by atoms with Crippen LogP contribution < -0.4 is 15.8 Å². The van der Waals surface area contributed by atoms with Gasteiger partial charge in [0.1, 0.15) is 29.9 Å². The van der Waals surface area contributed by atoms with Gasteiger partial charge in [0, 0.05) is 30.9 Å². The largest absolute Gasteiger partial charge is 0.502 e. The van der Waals surface area contributed by atoms with E-state index < -0.39 is 71.3 Å². The lowest BCUT2D eigenvalue weighted by atomic mass is 10.0. The molecule has 34 heavy (non-hydrogen) atoms. The molecule has 2 N–H and O–H groups in total.